The number of carbonyl (C=O) groups is 1. The predicted molar refractivity (Wildman–Crippen MR) is 105 cm³/mol. The molecule has 0 fully saturated rings. The van der Waals surface area contributed by atoms with Crippen LogP contribution in [0.2, 0.25) is 0 Å². The fraction of sp³-hybridized carbons (Fsp3) is 0.667. The van der Waals surface area contributed by atoms with Gasteiger partial charge in [0.1, 0.15) is 6.29 Å². The van der Waals surface area contributed by atoms with Crippen LogP contribution >= 0.6 is 0 Å². The van der Waals surface area contributed by atoms with Gasteiger partial charge in [0.15, 0.2) is 0 Å². The normalized spacial score (nSPS) is 7.77. The number of hydrogen-bond acceptors (Lipinski definition) is 1. The minimum absolute atomic E-state index is 0.750. The van der Waals surface area contributed by atoms with Crippen molar-refractivity contribution in [1.82, 2.24) is 0 Å². The lowest BCUT2D eigenvalue weighted by Gasteiger charge is -1.95. The number of hydrogen-bond donors (Lipinski definition) is 0. The number of aldehydes is 1. The van der Waals surface area contributed by atoms with Crippen molar-refractivity contribution in [3.05, 3.63) is 35.4 Å². The van der Waals surface area contributed by atoms with E-state index in [1.807, 2.05) is 13.8 Å². The second-order valence-corrected chi connectivity index (χ2v) is 5.31. The molecule has 0 unspecified atom stereocenters. The van der Waals surface area contributed by atoms with E-state index in [0.29, 0.717) is 0 Å². The highest BCUT2D eigenvalue weighted by molar-refractivity contribution is 5.44. The van der Waals surface area contributed by atoms with Gasteiger partial charge in [-0.05, 0) is 31.7 Å². The Morgan fingerprint density at radius 3 is 1.55 bits per heavy atom. The maximum absolute atomic E-state index is 8.81. The van der Waals surface area contributed by atoms with E-state index in [1.54, 1.807) is 0 Å². The molecule has 0 aliphatic rings. The van der Waals surface area contributed by atoms with E-state index in [1.165, 1.54) is 30.9 Å². The van der Waals surface area contributed by atoms with Gasteiger partial charge >= 0.3 is 0 Å². The van der Waals surface area contributed by atoms with E-state index in [2.05, 4.69) is 72.7 Å². The molecule has 0 amide bonds. The van der Waals surface area contributed by atoms with E-state index in [-0.39, 0.29) is 0 Å². The van der Waals surface area contributed by atoms with Crippen molar-refractivity contribution < 1.29 is 4.79 Å². The zero-order valence-electron chi connectivity index (χ0n) is 17.0. The molecule has 0 aliphatic carbocycles. The molecule has 1 aromatic rings. The zero-order valence-corrected chi connectivity index (χ0v) is 17.0. The van der Waals surface area contributed by atoms with Gasteiger partial charge in [-0.2, -0.15) is 0 Å². The number of benzene rings is 1. The highest BCUT2D eigenvalue weighted by Crippen LogP contribution is 2.03. The SMILES string of the molecule is CC.CC(C)C.CC=O.CCCC.CCc1cccc(C)c1. The highest BCUT2D eigenvalue weighted by atomic mass is 16.1. The maximum Gasteiger partial charge on any atom is 0.116 e. The average molecular weight is 311 g/mol. The molecule has 0 aliphatic heterocycles. The van der Waals surface area contributed by atoms with Crippen molar-refractivity contribution in [3.8, 4) is 0 Å². The Morgan fingerprint density at radius 2 is 1.36 bits per heavy atom. The van der Waals surface area contributed by atoms with Gasteiger partial charge in [-0.1, -0.05) is 98.1 Å². The highest BCUT2D eigenvalue weighted by Gasteiger charge is 1.85. The van der Waals surface area contributed by atoms with Crippen molar-refractivity contribution in [2.24, 2.45) is 5.92 Å². The van der Waals surface area contributed by atoms with Crippen LogP contribution in [0.15, 0.2) is 24.3 Å². The van der Waals surface area contributed by atoms with Crippen LogP contribution in [0.4, 0.5) is 0 Å². The van der Waals surface area contributed by atoms with E-state index in [4.69, 9.17) is 4.79 Å². The summed E-state index contributed by atoms with van der Waals surface area (Å²) in [5.41, 5.74) is 2.78. The first-order valence-corrected chi connectivity index (χ1v) is 8.84. The molecule has 0 atom stereocenters. The number of carbonyl (C=O) groups excluding carboxylic acids is 1. The molecule has 0 heterocycles. The summed E-state index contributed by atoms with van der Waals surface area (Å²) in [5, 5.41) is 0. The summed E-state index contributed by atoms with van der Waals surface area (Å²) >= 11 is 0. The lowest BCUT2D eigenvalue weighted by atomic mass is 10.1. The van der Waals surface area contributed by atoms with Crippen molar-refractivity contribution in [2.75, 3.05) is 0 Å². The van der Waals surface area contributed by atoms with Crippen LogP contribution in [0.5, 0.6) is 0 Å². The first-order valence-electron chi connectivity index (χ1n) is 8.84. The van der Waals surface area contributed by atoms with Gasteiger partial charge in [0.25, 0.3) is 0 Å². The van der Waals surface area contributed by atoms with Crippen molar-refractivity contribution >= 4 is 6.29 Å². The Bertz CT molecular complexity index is 285. The van der Waals surface area contributed by atoms with E-state index in [9.17, 15) is 0 Å². The van der Waals surface area contributed by atoms with Crippen LogP contribution in [0.25, 0.3) is 0 Å². The van der Waals surface area contributed by atoms with E-state index in [0.717, 1.165) is 18.6 Å². The van der Waals surface area contributed by atoms with Crippen LogP contribution in [-0.2, 0) is 11.2 Å². The van der Waals surface area contributed by atoms with E-state index < -0.39 is 0 Å². The Balaban J connectivity index is -0.000000106. The molecule has 1 heteroatoms. The molecule has 1 aromatic carbocycles. The molecule has 0 saturated carbocycles. The molecule has 132 valence electrons. The molecular formula is C21H42O. The molecular weight excluding hydrogens is 268 g/mol. The van der Waals surface area contributed by atoms with Gasteiger partial charge in [-0.15, -0.1) is 0 Å². The Kier molecular flexibility index (Phi) is 37.0. The largest absolute Gasteiger partial charge is 0.304 e. The number of unbranched alkanes of at least 4 members (excludes halogenated alkanes) is 1. The molecule has 0 bridgehead atoms. The zero-order chi connectivity index (χ0) is 18.4. The van der Waals surface area contributed by atoms with Crippen LogP contribution in [0.1, 0.15) is 86.3 Å². The Hall–Kier alpha value is -1.11. The van der Waals surface area contributed by atoms with Crippen LogP contribution in [0, 0.1) is 12.8 Å². The van der Waals surface area contributed by atoms with Gasteiger partial charge in [0.2, 0.25) is 0 Å². The van der Waals surface area contributed by atoms with Crippen LogP contribution < -0.4 is 0 Å². The number of rotatable bonds is 2. The third kappa shape index (κ3) is 42.8. The minimum atomic E-state index is 0.750. The van der Waals surface area contributed by atoms with Crippen molar-refractivity contribution in [1.29, 1.82) is 0 Å². The lowest BCUT2D eigenvalue weighted by molar-refractivity contribution is -0.106. The number of aryl methyl sites for hydroxylation is 2. The lowest BCUT2D eigenvalue weighted by Crippen LogP contribution is -1.78. The fourth-order valence-corrected chi connectivity index (χ4v) is 0.932. The summed E-state index contributed by atoms with van der Waals surface area (Å²) in [7, 11) is 0. The third-order valence-corrected chi connectivity index (χ3v) is 1.99. The summed E-state index contributed by atoms with van der Waals surface area (Å²) in [6, 6.07) is 8.61. The summed E-state index contributed by atoms with van der Waals surface area (Å²) < 4.78 is 0. The molecule has 1 nitrogen and oxygen atoms in total. The van der Waals surface area contributed by atoms with Crippen molar-refractivity contribution in [2.45, 2.75) is 88.5 Å². The summed E-state index contributed by atoms with van der Waals surface area (Å²) in [4.78, 5) is 8.81. The standard InChI is InChI=1S/C9H12.2C4H10.C2H4O.C2H6/c1-3-9-6-4-5-8(2)7-9;1-4(2)3;1-3-4-2;1-2-3;1-2/h4-7H,3H2,1-2H3;4H,1-3H3;3-4H2,1-2H3;2H,1H3;1-2H3. The topological polar surface area (TPSA) is 17.1 Å². The van der Waals surface area contributed by atoms with Gasteiger partial charge in [-0.3, -0.25) is 0 Å². The molecule has 0 aromatic heterocycles. The molecule has 1 rings (SSSR count). The molecule has 0 radical (unpaired) electrons. The summed E-state index contributed by atoms with van der Waals surface area (Å²) in [5.74, 6) is 0.833. The molecule has 0 saturated heterocycles. The first kappa shape index (κ1) is 29.0. The van der Waals surface area contributed by atoms with Crippen molar-refractivity contribution in [3.63, 3.8) is 0 Å². The second-order valence-electron chi connectivity index (χ2n) is 5.31. The quantitative estimate of drug-likeness (QED) is 0.525. The van der Waals surface area contributed by atoms with Crippen LogP contribution in [0.3, 0.4) is 0 Å². The van der Waals surface area contributed by atoms with Gasteiger partial charge in [-0.25, -0.2) is 0 Å². The second kappa shape index (κ2) is 28.1. The van der Waals surface area contributed by atoms with E-state index >= 15 is 0 Å². The molecule has 22 heavy (non-hydrogen) atoms. The van der Waals surface area contributed by atoms with Gasteiger partial charge < -0.3 is 4.79 Å². The monoisotopic (exact) mass is 310 g/mol. The third-order valence-electron chi connectivity index (χ3n) is 1.99. The first-order chi connectivity index (χ1) is 10.4. The van der Waals surface area contributed by atoms with Crippen LogP contribution in [-0.4, -0.2) is 6.29 Å². The maximum atomic E-state index is 8.81. The molecule has 0 N–H and O–H groups in total. The summed E-state index contributed by atoms with van der Waals surface area (Å²) in [6.45, 7) is 20.6. The van der Waals surface area contributed by atoms with Gasteiger partial charge in [0, 0.05) is 0 Å². The fourth-order valence-electron chi connectivity index (χ4n) is 0.932. The predicted octanol–water partition coefficient (Wildman–Crippen LogP) is 7.26. The average Bonchev–Trinajstić information content (AvgIpc) is 2.50. The molecule has 0 spiro atoms. The Labute approximate surface area is 141 Å². The summed E-state index contributed by atoms with van der Waals surface area (Å²) in [6.07, 6.45) is 4.53. The minimum Gasteiger partial charge on any atom is -0.304 e. The smallest absolute Gasteiger partial charge is 0.116 e. The van der Waals surface area contributed by atoms with Gasteiger partial charge in [0.05, 0.1) is 0 Å². The Morgan fingerprint density at radius 1 is 1.00 bits per heavy atom.